The van der Waals surface area contributed by atoms with Gasteiger partial charge in [-0.15, -0.1) is 0 Å². The zero-order valence-electron chi connectivity index (χ0n) is 32.8. The Hall–Kier alpha value is -7.12. The number of carboxylic acids is 1. The number of hydrogen-bond acceptors (Lipinski definition) is 7. The van der Waals surface area contributed by atoms with Crippen LogP contribution in [0.5, 0.6) is 0 Å². The lowest BCUT2D eigenvalue weighted by Gasteiger charge is -2.26. The average molecular weight is 810 g/mol. The minimum absolute atomic E-state index is 0.00364. The molecule has 13 heteroatoms. The summed E-state index contributed by atoms with van der Waals surface area (Å²) in [6, 6.07) is 36.4. The van der Waals surface area contributed by atoms with Crippen molar-refractivity contribution in [1.29, 1.82) is 0 Å². The Morgan fingerprint density at radius 2 is 1.02 bits per heavy atom. The monoisotopic (exact) mass is 809 g/mol. The molecule has 5 aromatic carbocycles. The fourth-order valence-electron chi connectivity index (χ4n) is 6.92. The Kier molecular flexibility index (Phi) is 14.5. The highest BCUT2D eigenvalue weighted by Gasteiger charge is 2.32. The SMILES string of the molecule is O=C1CC(O)C(=O)Nc2ccc(cc2)CC(C(=O)O)NC(=O)C(Cc2ccccc2)NC(=O)C(Cc2ccc(-c3ccccc3)cc2)NC(=O)C(CCc2ccccc2)N1. The van der Waals surface area contributed by atoms with Gasteiger partial charge in [-0.3, -0.25) is 24.0 Å². The van der Waals surface area contributed by atoms with E-state index in [4.69, 9.17) is 0 Å². The van der Waals surface area contributed by atoms with Crippen molar-refractivity contribution in [1.82, 2.24) is 21.3 Å². The fourth-order valence-corrected chi connectivity index (χ4v) is 6.92. The highest BCUT2D eigenvalue weighted by Crippen LogP contribution is 2.20. The second-order valence-electron chi connectivity index (χ2n) is 14.7. The van der Waals surface area contributed by atoms with Crippen LogP contribution in [-0.4, -0.2) is 76.0 Å². The molecule has 0 aromatic heterocycles. The molecule has 60 heavy (non-hydrogen) atoms. The Bertz CT molecular complexity index is 2250. The van der Waals surface area contributed by atoms with Gasteiger partial charge in [0.05, 0.1) is 6.42 Å². The molecule has 2 aliphatic rings. The molecular formula is C47H47N5O8. The lowest BCUT2D eigenvalue weighted by atomic mass is 9.98. The van der Waals surface area contributed by atoms with Gasteiger partial charge in [-0.25, -0.2) is 4.79 Å². The second kappa shape index (κ2) is 20.5. The number of fused-ring (bicyclic) bond motifs is 18. The van der Waals surface area contributed by atoms with E-state index < -0.39 is 72.2 Å². The predicted molar refractivity (Wildman–Crippen MR) is 225 cm³/mol. The first kappa shape index (κ1) is 42.5. The molecule has 5 unspecified atom stereocenters. The molecule has 2 aliphatic heterocycles. The third-order valence-corrected chi connectivity index (χ3v) is 10.2. The van der Waals surface area contributed by atoms with Crippen molar-refractivity contribution in [3.8, 4) is 11.1 Å². The van der Waals surface area contributed by atoms with Gasteiger partial charge in [0, 0.05) is 24.9 Å². The summed E-state index contributed by atoms with van der Waals surface area (Å²) < 4.78 is 0. The number of carbonyl (C=O) groups excluding carboxylic acids is 5. The van der Waals surface area contributed by atoms with Crippen LogP contribution in [0.3, 0.4) is 0 Å². The number of carbonyl (C=O) groups is 6. The number of aliphatic hydroxyl groups excluding tert-OH is 1. The first-order chi connectivity index (χ1) is 29.0. The van der Waals surface area contributed by atoms with Crippen LogP contribution in [0.4, 0.5) is 5.69 Å². The van der Waals surface area contributed by atoms with Gasteiger partial charge in [0.1, 0.15) is 30.3 Å². The Balaban J connectivity index is 1.35. The van der Waals surface area contributed by atoms with Crippen LogP contribution in [0.2, 0.25) is 0 Å². The summed E-state index contributed by atoms with van der Waals surface area (Å²) >= 11 is 0. The first-order valence-corrected chi connectivity index (χ1v) is 19.7. The maximum atomic E-state index is 14.5. The summed E-state index contributed by atoms with van der Waals surface area (Å²) in [6.45, 7) is 0. The van der Waals surface area contributed by atoms with Gasteiger partial charge in [0.2, 0.25) is 23.6 Å². The van der Waals surface area contributed by atoms with Crippen LogP contribution in [-0.2, 0) is 54.5 Å². The molecule has 0 radical (unpaired) electrons. The molecule has 5 aromatic rings. The largest absolute Gasteiger partial charge is 0.480 e. The van der Waals surface area contributed by atoms with E-state index >= 15 is 0 Å². The molecule has 5 atom stereocenters. The van der Waals surface area contributed by atoms with Gasteiger partial charge in [-0.05, 0) is 58.4 Å². The van der Waals surface area contributed by atoms with Crippen molar-refractivity contribution >= 4 is 41.2 Å². The molecule has 0 spiro atoms. The summed E-state index contributed by atoms with van der Waals surface area (Å²) in [5.74, 6) is -5.14. The van der Waals surface area contributed by atoms with E-state index in [0.717, 1.165) is 16.7 Å². The molecule has 5 amide bonds. The van der Waals surface area contributed by atoms with Crippen LogP contribution < -0.4 is 26.6 Å². The Labute approximate surface area is 347 Å². The number of nitrogens with one attached hydrogen (secondary N) is 5. The highest BCUT2D eigenvalue weighted by molar-refractivity contribution is 5.98. The Morgan fingerprint density at radius 1 is 0.517 bits per heavy atom. The van der Waals surface area contributed by atoms with Gasteiger partial charge in [0.15, 0.2) is 0 Å². The number of hydrogen-bond donors (Lipinski definition) is 7. The minimum Gasteiger partial charge on any atom is -0.480 e. The number of aryl methyl sites for hydroxylation is 1. The Morgan fingerprint density at radius 3 is 1.60 bits per heavy atom. The zero-order valence-corrected chi connectivity index (χ0v) is 32.8. The number of anilines is 1. The standard InChI is InChI=1S/C47H47N5O8/c53-41-29-42(54)49-37(25-20-30-10-4-1-5-11-30)43(55)50-39(27-32-16-21-35(22-17-32)34-14-8-3-9-15-34)44(56)51-38(26-31-12-6-2-7-13-31)45(57)52-40(47(59)60)28-33-18-23-36(24-19-33)48-46(41)58/h1-19,21-24,37-41,53H,20,25-29H2,(H,48,58)(H,49,54)(H,50,55)(H,51,56)(H,52,57)(H,59,60). The molecule has 2 heterocycles. The summed E-state index contributed by atoms with van der Waals surface area (Å²) in [4.78, 5) is 81.5. The quantitative estimate of drug-likeness (QED) is 0.109. The van der Waals surface area contributed by atoms with E-state index in [1.165, 1.54) is 12.1 Å². The van der Waals surface area contributed by atoms with Crippen molar-refractivity contribution in [2.75, 3.05) is 5.32 Å². The zero-order chi connectivity index (χ0) is 42.4. The molecule has 2 bridgehead atoms. The average Bonchev–Trinajstić information content (AvgIpc) is 3.25. The number of benzene rings is 5. The summed E-state index contributed by atoms with van der Waals surface area (Å²) in [5, 5.41) is 34.3. The third kappa shape index (κ3) is 12.2. The number of aliphatic hydroxyl groups is 1. The molecule has 0 saturated heterocycles. The lowest BCUT2D eigenvalue weighted by molar-refractivity contribution is -0.142. The second-order valence-corrected chi connectivity index (χ2v) is 14.7. The number of aliphatic carboxylic acids is 1. The van der Waals surface area contributed by atoms with E-state index in [-0.39, 0.29) is 31.4 Å². The highest BCUT2D eigenvalue weighted by atomic mass is 16.4. The first-order valence-electron chi connectivity index (χ1n) is 19.7. The van der Waals surface area contributed by atoms with Crippen molar-refractivity contribution in [2.24, 2.45) is 0 Å². The van der Waals surface area contributed by atoms with Gasteiger partial charge in [-0.1, -0.05) is 127 Å². The molecular weight excluding hydrogens is 763 g/mol. The van der Waals surface area contributed by atoms with Crippen molar-refractivity contribution in [3.05, 3.63) is 162 Å². The number of carboxylic acid groups (broad SMARTS) is 1. The molecule has 0 saturated carbocycles. The van der Waals surface area contributed by atoms with E-state index in [1.54, 1.807) is 42.5 Å². The number of amides is 5. The topological polar surface area (TPSA) is 203 Å². The minimum atomic E-state index is -1.78. The van der Waals surface area contributed by atoms with E-state index in [2.05, 4.69) is 26.6 Å². The van der Waals surface area contributed by atoms with Crippen molar-refractivity contribution < 1.29 is 39.0 Å². The summed E-state index contributed by atoms with van der Waals surface area (Å²) in [7, 11) is 0. The third-order valence-electron chi connectivity index (χ3n) is 10.2. The van der Waals surface area contributed by atoms with Crippen molar-refractivity contribution in [3.63, 3.8) is 0 Å². The van der Waals surface area contributed by atoms with Gasteiger partial charge in [0.25, 0.3) is 5.91 Å². The fraction of sp³-hybridized carbons (Fsp3) is 0.234. The predicted octanol–water partition coefficient (Wildman–Crippen LogP) is 3.74. The van der Waals surface area contributed by atoms with Gasteiger partial charge >= 0.3 is 5.97 Å². The molecule has 0 fully saturated rings. The van der Waals surface area contributed by atoms with Crippen LogP contribution in [0.15, 0.2) is 140 Å². The van der Waals surface area contributed by atoms with E-state index in [9.17, 15) is 39.0 Å². The van der Waals surface area contributed by atoms with Gasteiger partial charge < -0.3 is 36.8 Å². The summed E-state index contributed by atoms with van der Waals surface area (Å²) in [5.41, 5.74) is 4.96. The van der Waals surface area contributed by atoms with Crippen LogP contribution >= 0.6 is 0 Å². The van der Waals surface area contributed by atoms with Crippen LogP contribution in [0.1, 0.15) is 35.1 Å². The number of rotatable bonds is 9. The lowest BCUT2D eigenvalue weighted by Crippen LogP contribution is -2.59. The van der Waals surface area contributed by atoms with Gasteiger partial charge in [-0.2, -0.15) is 0 Å². The van der Waals surface area contributed by atoms with Crippen LogP contribution in [0, 0.1) is 0 Å². The molecule has 13 nitrogen and oxygen atoms in total. The molecule has 7 rings (SSSR count). The molecule has 7 N–H and O–H groups in total. The molecule has 0 aliphatic carbocycles. The maximum absolute atomic E-state index is 14.5. The normalized spacial score (nSPS) is 20.7. The molecule has 308 valence electrons. The van der Waals surface area contributed by atoms with Crippen molar-refractivity contribution in [2.45, 2.75) is 68.8 Å². The maximum Gasteiger partial charge on any atom is 0.326 e. The smallest absolute Gasteiger partial charge is 0.326 e. The van der Waals surface area contributed by atoms with E-state index in [0.29, 0.717) is 23.1 Å². The van der Waals surface area contributed by atoms with Crippen LogP contribution in [0.25, 0.3) is 11.1 Å². The summed E-state index contributed by atoms with van der Waals surface area (Å²) in [6.07, 6.45) is -2.12. The van der Waals surface area contributed by atoms with E-state index in [1.807, 2.05) is 84.9 Å².